The second-order valence-electron chi connectivity index (χ2n) is 3.25. The molecular weight excluding hydrogens is 191 g/mol. The van der Waals surface area contributed by atoms with Gasteiger partial charge in [-0.3, -0.25) is 4.98 Å². The third kappa shape index (κ3) is 2.02. The molecule has 76 valence electrons. The van der Waals surface area contributed by atoms with Crippen LogP contribution in [-0.4, -0.2) is 4.98 Å². The molecule has 0 atom stereocenters. The lowest BCUT2D eigenvalue weighted by Crippen LogP contribution is -1.97. The molecule has 0 aliphatic carbocycles. The fraction of sp³-hybridized carbons (Fsp3) is 0.0833. The fourth-order valence-electron chi connectivity index (χ4n) is 1.45. The van der Waals surface area contributed by atoms with Crippen LogP contribution < -0.4 is 5.73 Å². The highest BCUT2D eigenvalue weighted by atomic mass is 19.1. The number of pyridine rings is 1. The van der Waals surface area contributed by atoms with Crippen molar-refractivity contribution >= 4 is 0 Å². The number of hydrogen-bond donors (Lipinski definition) is 1. The molecule has 1 aromatic heterocycles. The van der Waals surface area contributed by atoms with Crippen LogP contribution in [0.15, 0.2) is 42.7 Å². The third-order valence-electron chi connectivity index (χ3n) is 2.26. The highest BCUT2D eigenvalue weighted by Gasteiger charge is 2.04. The Kier molecular flexibility index (Phi) is 2.74. The predicted octanol–water partition coefficient (Wildman–Crippen LogP) is 2.35. The van der Waals surface area contributed by atoms with E-state index in [-0.39, 0.29) is 5.82 Å². The molecule has 2 aromatic rings. The molecule has 0 saturated carbocycles. The summed E-state index contributed by atoms with van der Waals surface area (Å²) < 4.78 is 13.5. The van der Waals surface area contributed by atoms with Gasteiger partial charge in [0.2, 0.25) is 0 Å². The molecule has 0 saturated heterocycles. The molecule has 0 radical (unpaired) electrons. The molecule has 2 nitrogen and oxygen atoms in total. The lowest BCUT2D eigenvalue weighted by atomic mass is 10.0. The predicted molar refractivity (Wildman–Crippen MR) is 57.5 cm³/mol. The van der Waals surface area contributed by atoms with E-state index in [9.17, 15) is 4.39 Å². The normalized spacial score (nSPS) is 10.3. The van der Waals surface area contributed by atoms with E-state index < -0.39 is 0 Å². The van der Waals surface area contributed by atoms with E-state index in [2.05, 4.69) is 4.98 Å². The Bertz CT molecular complexity index is 454. The Morgan fingerprint density at radius 1 is 1.13 bits per heavy atom. The molecule has 2 N–H and O–H groups in total. The first-order chi connectivity index (χ1) is 7.31. The third-order valence-corrected chi connectivity index (χ3v) is 2.26. The summed E-state index contributed by atoms with van der Waals surface area (Å²) in [5, 5.41) is 0. The van der Waals surface area contributed by atoms with Gasteiger partial charge in [-0.25, -0.2) is 4.39 Å². The summed E-state index contributed by atoms with van der Waals surface area (Å²) in [7, 11) is 0. The van der Waals surface area contributed by atoms with Crippen molar-refractivity contribution < 1.29 is 4.39 Å². The number of nitrogens with zero attached hydrogens (tertiary/aromatic N) is 1. The summed E-state index contributed by atoms with van der Waals surface area (Å²) in [6, 6.07) is 8.46. The molecule has 0 fully saturated rings. The SMILES string of the molecule is NCc1ccc(F)c(-c2ccncc2)c1. The maximum Gasteiger partial charge on any atom is 0.131 e. The number of aromatic nitrogens is 1. The number of hydrogen-bond acceptors (Lipinski definition) is 2. The molecule has 1 aromatic carbocycles. The van der Waals surface area contributed by atoms with Crippen LogP contribution in [0.4, 0.5) is 4.39 Å². The van der Waals surface area contributed by atoms with Crippen LogP contribution in [0.3, 0.4) is 0 Å². The monoisotopic (exact) mass is 202 g/mol. The van der Waals surface area contributed by atoms with Crippen molar-refractivity contribution in [2.45, 2.75) is 6.54 Å². The van der Waals surface area contributed by atoms with Crippen molar-refractivity contribution in [2.75, 3.05) is 0 Å². The minimum atomic E-state index is -0.238. The zero-order valence-electron chi connectivity index (χ0n) is 8.15. The van der Waals surface area contributed by atoms with E-state index in [4.69, 9.17) is 5.73 Å². The minimum Gasteiger partial charge on any atom is -0.326 e. The molecular formula is C12H11FN2. The average Bonchev–Trinajstić information content (AvgIpc) is 2.31. The van der Waals surface area contributed by atoms with Crippen molar-refractivity contribution in [2.24, 2.45) is 5.73 Å². The lowest BCUT2D eigenvalue weighted by molar-refractivity contribution is 0.630. The second-order valence-corrected chi connectivity index (χ2v) is 3.25. The first-order valence-electron chi connectivity index (χ1n) is 4.70. The average molecular weight is 202 g/mol. The first-order valence-corrected chi connectivity index (χ1v) is 4.70. The quantitative estimate of drug-likeness (QED) is 0.811. The number of benzene rings is 1. The molecule has 0 unspecified atom stereocenters. The highest BCUT2D eigenvalue weighted by molar-refractivity contribution is 5.64. The van der Waals surface area contributed by atoms with Gasteiger partial charge in [-0.1, -0.05) is 6.07 Å². The van der Waals surface area contributed by atoms with Gasteiger partial charge in [-0.05, 0) is 35.4 Å². The van der Waals surface area contributed by atoms with Crippen molar-refractivity contribution in [3.05, 3.63) is 54.1 Å². The maximum absolute atomic E-state index is 13.5. The second kappa shape index (κ2) is 4.19. The Hall–Kier alpha value is -1.74. The Morgan fingerprint density at radius 2 is 1.87 bits per heavy atom. The first kappa shape index (κ1) is 9.80. The number of nitrogens with two attached hydrogens (primary N) is 1. The maximum atomic E-state index is 13.5. The van der Waals surface area contributed by atoms with Crippen LogP contribution in [0.1, 0.15) is 5.56 Å². The van der Waals surface area contributed by atoms with Crippen LogP contribution in [0.5, 0.6) is 0 Å². The molecule has 0 amide bonds. The summed E-state index contributed by atoms with van der Waals surface area (Å²) in [4.78, 5) is 3.90. The van der Waals surface area contributed by atoms with Crippen LogP contribution >= 0.6 is 0 Å². The van der Waals surface area contributed by atoms with Crippen molar-refractivity contribution in [3.63, 3.8) is 0 Å². The largest absolute Gasteiger partial charge is 0.326 e. The molecule has 15 heavy (non-hydrogen) atoms. The smallest absolute Gasteiger partial charge is 0.131 e. The highest BCUT2D eigenvalue weighted by Crippen LogP contribution is 2.23. The molecule has 0 spiro atoms. The van der Waals surface area contributed by atoms with Crippen molar-refractivity contribution in [3.8, 4) is 11.1 Å². The fourth-order valence-corrected chi connectivity index (χ4v) is 1.45. The van der Waals surface area contributed by atoms with E-state index >= 15 is 0 Å². The van der Waals surface area contributed by atoms with Gasteiger partial charge in [0.15, 0.2) is 0 Å². The zero-order valence-corrected chi connectivity index (χ0v) is 8.15. The van der Waals surface area contributed by atoms with Crippen LogP contribution in [0.25, 0.3) is 11.1 Å². The molecule has 2 rings (SSSR count). The van der Waals surface area contributed by atoms with Crippen molar-refractivity contribution in [1.29, 1.82) is 0 Å². The van der Waals surface area contributed by atoms with E-state index in [1.54, 1.807) is 36.7 Å². The van der Waals surface area contributed by atoms with E-state index in [0.29, 0.717) is 12.1 Å². The molecule has 0 aliphatic rings. The van der Waals surface area contributed by atoms with E-state index in [1.165, 1.54) is 6.07 Å². The topological polar surface area (TPSA) is 38.9 Å². The Morgan fingerprint density at radius 3 is 2.53 bits per heavy atom. The summed E-state index contributed by atoms with van der Waals surface area (Å²) in [5.74, 6) is -0.238. The van der Waals surface area contributed by atoms with Crippen molar-refractivity contribution in [1.82, 2.24) is 4.98 Å². The number of rotatable bonds is 2. The number of halogens is 1. The van der Waals surface area contributed by atoms with Crippen LogP contribution in [0.2, 0.25) is 0 Å². The summed E-state index contributed by atoms with van der Waals surface area (Å²) in [5.41, 5.74) is 7.82. The molecule has 0 aliphatic heterocycles. The van der Waals surface area contributed by atoms with Gasteiger partial charge in [-0.15, -0.1) is 0 Å². The van der Waals surface area contributed by atoms with Gasteiger partial charge in [0.25, 0.3) is 0 Å². The molecule has 3 heteroatoms. The summed E-state index contributed by atoms with van der Waals surface area (Å²) >= 11 is 0. The Balaban J connectivity index is 2.52. The van der Waals surface area contributed by atoms with Gasteiger partial charge >= 0.3 is 0 Å². The van der Waals surface area contributed by atoms with Gasteiger partial charge in [0.05, 0.1) is 0 Å². The van der Waals surface area contributed by atoms with E-state index in [1.807, 2.05) is 0 Å². The van der Waals surface area contributed by atoms with Gasteiger partial charge in [0.1, 0.15) is 5.82 Å². The van der Waals surface area contributed by atoms with Gasteiger partial charge in [0, 0.05) is 24.5 Å². The molecule has 0 bridgehead atoms. The molecule has 1 heterocycles. The standard InChI is InChI=1S/C12H11FN2/c13-12-2-1-9(8-14)7-11(12)10-3-5-15-6-4-10/h1-7H,8,14H2. The van der Waals surface area contributed by atoms with Crippen LogP contribution in [-0.2, 0) is 6.54 Å². The summed E-state index contributed by atoms with van der Waals surface area (Å²) in [6.07, 6.45) is 3.29. The van der Waals surface area contributed by atoms with Crippen LogP contribution in [0, 0.1) is 5.82 Å². The Labute approximate surface area is 87.6 Å². The van der Waals surface area contributed by atoms with Gasteiger partial charge < -0.3 is 5.73 Å². The van der Waals surface area contributed by atoms with E-state index in [0.717, 1.165) is 11.1 Å². The minimum absolute atomic E-state index is 0.238. The van der Waals surface area contributed by atoms with Gasteiger partial charge in [-0.2, -0.15) is 0 Å². The lowest BCUT2D eigenvalue weighted by Gasteiger charge is -2.05. The summed E-state index contributed by atoms with van der Waals surface area (Å²) in [6.45, 7) is 0.415. The zero-order chi connectivity index (χ0) is 10.7.